The summed E-state index contributed by atoms with van der Waals surface area (Å²) in [5, 5.41) is 14.0. The quantitative estimate of drug-likeness (QED) is 0.396. The first kappa shape index (κ1) is 24.5. The van der Waals surface area contributed by atoms with Gasteiger partial charge in [-0.2, -0.15) is 0 Å². The van der Waals surface area contributed by atoms with Gasteiger partial charge in [-0.15, -0.1) is 0 Å². The third-order valence-electron chi connectivity index (χ3n) is 5.55. The van der Waals surface area contributed by atoms with Gasteiger partial charge >= 0.3 is 0 Å². The standard InChI is InChI=1S/C22H27N3O7S/c1-31-20-13-18(19(25(27)28)14-21(20)32-2)22(26)23-12-11-15-7-9-17(10-8-15)33(29,30)24-16-5-3-4-6-16/h7-10,13-14,16,24H,3-6,11-12H2,1-2H3,(H,23,26). The maximum Gasteiger partial charge on any atom is 0.286 e. The summed E-state index contributed by atoms with van der Waals surface area (Å²) in [6, 6.07) is 8.85. The fourth-order valence-corrected chi connectivity index (χ4v) is 5.09. The molecule has 0 spiro atoms. The van der Waals surface area contributed by atoms with Crippen LogP contribution in [0.5, 0.6) is 11.5 Å². The number of sulfonamides is 1. The number of ether oxygens (including phenoxy) is 2. The third kappa shape index (κ3) is 5.99. The Hall–Kier alpha value is -3.18. The fourth-order valence-electron chi connectivity index (χ4n) is 3.78. The average molecular weight is 478 g/mol. The number of benzene rings is 2. The van der Waals surface area contributed by atoms with Crippen LogP contribution < -0.4 is 19.5 Å². The van der Waals surface area contributed by atoms with Crippen LogP contribution in [-0.2, 0) is 16.4 Å². The van der Waals surface area contributed by atoms with E-state index in [-0.39, 0.29) is 34.5 Å². The molecule has 0 aromatic heterocycles. The van der Waals surface area contributed by atoms with Crippen LogP contribution in [0.15, 0.2) is 41.3 Å². The molecule has 0 bridgehead atoms. The van der Waals surface area contributed by atoms with E-state index in [1.165, 1.54) is 32.4 Å². The molecule has 178 valence electrons. The molecule has 1 fully saturated rings. The number of nitro groups is 1. The molecule has 3 rings (SSSR count). The summed E-state index contributed by atoms with van der Waals surface area (Å²) in [4.78, 5) is 23.5. The normalized spacial score (nSPS) is 14.1. The lowest BCUT2D eigenvalue weighted by atomic mass is 10.1. The van der Waals surface area contributed by atoms with Crippen molar-refractivity contribution in [2.45, 2.75) is 43.0 Å². The maximum atomic E-state index is 12.6. The number of amides is 1. The van der Waals surface area contributed by atoms with Crippen LogP contribution in [-0.4, -0.2) is 46.1 Å². The first-order valence-corrected chi connectivity index (χ1v) is 12.0. The molecular formula is C22H27N3O7S. The Balaban J connectivity index is 1.62. The molecule has 0 heterocycles. The van der Waals surface area contributed by atoms with E-state index in [0.717, 1.165) is 37.3 Å². The molecule has 1 aliphatic rings. The molecule has 2 aromatic rings. The van der Waals surface area contributed by atoms with Gasteiger partial charge in [0.25, 0.3) is 11.6 Å². The van der Waals surface area contributed by atoms with Crippen molar-refractivity contribution in [3.63, 3.8) is 0 Å². The molecule has 0 aliphatic heterocycles. The molecule has 11 heteroatoms. The second kappa shape index (κ2) is 10.6. The summed E-state index contributed by atoms with van der Waals surface area (Å²) in [5.74, 6) is -0.267. The van der Waals surface area contributed by atoms with Crippen molar-refractivity contribution in [2.75, 3.05) is 20.8 Å². The molecule has 33 heavy (non-hydrogen) atoms. The van der Waals surface area contributed by atoms with Gasteiger partial charge in [0.05, 0.1) is 30.1 Å². The van der Waals surface area contributed by atoms with Crippen molar-refractivity contribution in [2.24, 2.45) is 0 Å². The number of carbonyl (C=O) groups is 1. The molecular weight excluding hydrogens is 450 g/mol. The fraction of sp³-hybridized carbons (Fsp3) is 0.409. The molecule has 0 radical (unpaired) electrons. The van der Waals surface area contributed by atoms with Crippen LogP contribution in [0.25, 0.3) is 0 Å². The topological polar surface area (TPSA) is 137 Å². The van der Waals surface area contributed by atoms with Crippen molar-refractivity contribution in [3.05, 3.63) is 57.6 Å². The highest BCUT2D eigenvalue weighted by atomic mass is 32.2. The number of nitro benzene ring substituents is 1. The van der Waals surface area contributed by atoms with Gasteiger partial charge in [0.1, 0.15) is 5.56 Å². The number of hydrogen-bond donors (Lipinski definition) is 2. The Bertz CT molecular complexity index is 1110. The Labute approximate surface area is 192 Å². The molecule has 2 N–H and O–H groups in total. The van der Waals surface area contributed by atoms with Gasteiger partial charge in [-0.3, -0.25) is 14.9 Å². The van der Waals surface area contributed by atoms with Crippen molar-refractivity contribution in [1.29, 1.82) is 0 Å². The highest BCUT2D eigenvalue weighted by Crippen LogP contribution is 2.34. The first-order valence-electron chi connectivity index (χ1n) is 10.5. The number of hydrogen-bond acceptors (Lipinski definition) is 7. The zero-order valence-electron chi connectivity index (χ0n) is 18.5. The highest BCUT2D eigenvalue weighted by Gasteiger charge is 2.25. The van der Waals surface area contributed by atoms with E-state index >= 15 is 0 Å². The predicted octanol–water partition coefficient (Wildman–Crippen LogP) is 2.81. The first-order chi connectivity index (χ1) is 15.7. The lowest BCUT2D eigenvalue weighted by molar-refractivity contribution is -0.385. The van der Waals surface area contributed by atoms with Gasteiger partial charge in [-0.25, -0.2) is 13.1 Å². The lowest BCUT2D eigenvalue weighted by Gasteiger charge is -2.13. The third-order valence-corrected chi connectivity index (χ3v) is 7.09. The minimum Gasteiger partial charge on any atom is -0.493 e. The number of carbonyl (C=O) groups excluding carboxylic acids is 1. The molecule has 0 atom stereocenters. The van der Waals surface area contributed by atoms with E-state index in [4.69, 9.17) is 9.47 Å². The second-order valence-electron chi connectivity index (χ2n) is 7.73. The SMILES string of the molecule is COc1cc(C(=O)NCCc2ccc(S(=O)(=O)NC3CCCC3)cc2)c([N+](=O)[O-])cc1OC. The van der Waals surface area contributed by atoms with Crippen LogP contribution in [0.4, 0.5) is 5.69 Å². The van der Waals surface area contributed by atoms with E-state index in [1.54, 1.807) is 12.1 Å². The molecule has 1 aliphatic carbocycles. The van der Waals surface area contributed by atoms with Crippen molar-refractivity contribution in [1.82, 2.24) is 10.0 Å². The summed E-state index contributed by atoms with van der Waals surface area (Å²) in [6.07, 6.45) is 4.20. The molecule has 0 unspecified atom stereocenters. The largest absolute Gasteiger partial charge is 0.493 e. The zero-order chi connectivity index (χ0) is 24.0. The van der Waals surface area contributed by atoms with Crippen LogP contribution in [0.2, 0.25) is 0 Å². The van der Waals surface area contributed by atoms with Crippen LogP contribution in [0, 0.1) is 10.1 Å². The lowest BCUT2D eigenvalue weighted by Crippen LogP contribution is -2.32. The van der Waals surface area contributed by atoms with Gasteiger partial charge in [0.15, 0.2) is 11.5 Å². The van der Waals surface area contributed by atoms with E-state index in [0.29, 0.717) is 6.42 Å². The molecule has 2 aromatic carbocycles. The van der Waals surface area contributed by atoms with E-state index in [9.17, 15) is 23.3 Å². The zero-order valence-corrected chi connectivity index (χ0v) is 19.3. The van der Waals surface area contributed by atoms with Crippen molar-refractivity contribution in [3.8, 4) is 11.5 Å². The summed E-state index contributed by atoms with van der Waals surface area (Å²) in [7, 11) is -0.838. The second-order valence-corrected chi connectivity index (χ2v) is 9.45. The molecule has 0 saturated heterocycles. The minimum absolute atomic E-state index is 0.00877. The molecule has 10 nitrogen and oxygen atoms in total. The van der Waals surface area contributed by atoms with Crippen molar-refractivity contribution >= 4 is 21.6 Å². The van der Waals surface area contributed by atoms with E-state index in [1.807, 2.05) is 0 Å². The maximum absolute atomic E-state index is 12.6. The van der Waals surface area contributed by atoms with E-state index < -0.39 is 26.5 Å². The Morgan fingerprint density at radius 2 is 1.70 bits per heavy atom. The smallest absolute Gasteiger partial charge is 0.286 e. The summed E-state index contributed by atoms with van der Waals surface area (Å²) in [6.45, 7) is 0.205. The number of nitrogens with zero attached hydrogens (tertiary/aromatic N) is 1. The Morgan fingerprint density at radius 1 is 1.09 bits per heavy atom. The van der Waals surface area contributed by atoms with Gasteiger partial charge < -0.3 is 14.8 Å². The number of rotatable bonds is 10. The van der Waals surface area contributed by atoms with Crippen molar-refractivity contribution < 1.29 is 27.6 Å². The van der Waals surface area contributed by atoms with Gasteiger partial charge in [0, 0.05) is 18.7 Å². The highest BCUT2D eigenvalue weighted by molar-refractivity contribution is 7.89. The van der Waals surface area contributed by atoms with Crippen LogP contribution in [0.1, 0.15) is 41.6 Å². The predicted molar refractivity (Wildman–Crippen MR) is 121 cm³/mol. The van der Waals surface area contributed by atoms with Gasteiger partial charge in [0.2, 0.25) is 10.0 Å². The van der Waals surface area contributed by atoms with Crippen LogP contribution in [0.3, 0.4) is 0 Å². The monoisotopic (exact) mass is 477 g/mol. The van der Waals surface area contributed by atoms with Gasteiger partial charge in [-0.1, -0.05) is 25.0 Å². The number of methoxy groups -OCH3 is 2. The Morgan fingerprint density at radius 3 is 2.27 bits per heavy atom. The van der Waals surface area contributed by atoms with E-state index in [2.05, 4.69) is 10.0 Å². The summed E-state index contributed by atoms with van der Waals surface area (Å²) < 4.78 is 37.9. The molecule has 1 amide bonds. The van der Waals surface area contributed by atoms with Crippen LogP contribution >= 0.6 is 0 Å². The Kier molecular flexibility index (Phi) is 7.88. The molecule has 1 saturated carbocycles. The summed E-state index contributed by atoms with van der Waals surface area (Å²) in [5.41, 5.74) is 0.281. The minimum atomic E-state index is -3.56. The number of nitrogens with one attached hydrogen (secondary N) is 2. The average Bonchev–Trinajstić information content (AvgIpc) is 3.30. The van der Waals surface area contributed by atoms with Gasteiger partial charge in [-0.05, 0) is 37.0 Å². The summed E-state index contributed by atoms with van der Waals surface area (Å²) >= 11 is 0.